The lowest BCUT2D eigenvalue weighted by Crippen LogP contribution is -2.12. The quantitative estimate of drug-likeness (QED) is 0.663. The number of hydrogen-bond donors (Lipinski definition) is 1. The molecule has 0 heterocycles. The molecule has 0 atom stereocenters. The van der Waals surface area contributed by atoms with Gasteiger partial charge in [0.25, 0.3) is 5.91 Å². The fraction of sp³-hybridized carbons (Fsp3) is 0. The van der Waals surface area contributed by atoms with Gasteiger partial charge in [0.15, 0.2) is 0 Å². The van der Waals surface area contributed by atoms with Gasteiger partial charge in [-0.15, -0.1) is 0 Å². The third-order valence-electron chi connectivity index (χ3n) is 2.58. The molecule has 0 fully saturated rings. The number of halogens is 1. The van der Waals surface area contributed by atoms with Gasteiger partial charge in [-0.05, 0) is 17.0 Å². The van der Waals surface area contributed by atoms with Crippen LogP contribution in [0.1, 0.15) is 5.56 Å². The molecule has 2 aromatic rings. The highest BCUT2D eigenvalue weighted by Gasteiger charge is 2.07. The summed E-state index contributed by atoms with van der Waals surface area (Å²) in [6, 6.07) is 13.0. The average Bonchev–Trinajstić information content (AvgIpc) is 2.38. The van der Waals surface area contributed by atoms with Gasteiger partial charge in [-0.2, -0.15) is 5.26 Å². The number of nitriles is 1. The number of primary amides is 1. The molecular formula is C14H9ClN2O. The molecule has 0 spiro atoms. The second kappa shape index (κ2) is 4.91. The van der Waals surface area contributed by atoms with Crippen molar-refractivity contribution in [2.45, 2.75) is 0 Å². The molecule has 1 amide bonds. The van der Waals surface area contributed by atoms with Gasteiger partial charge >= 0.3 is 0 Å². The second-order valence-electron chi connectivity index (χ2n) is 3.72. The van der Waals surface area contributed by atoms with Gasteiger partial charge < -0.3 is 5.73 Å². The lowest BCUT2D eigenvalue weighted by Gasteiger charge is -2.04. The lowest BCUT2D eigenvalue weighted by molar-refractivity contribution is -0.114. The molecular weight excluding hydrogens is 248 g/mol. The van der Waals surface area contributed by atoms with Crippen molar-refractivity contribution in [2.24, 2.45) is 5.73 Å². The van der Waals surface area contributed by atoms with E-state index in [-0.39, 0.29) is 5.57 Å². The predicted molar refractivity (Wildman–Crippen MR) is 71.7 cm³/mol. The SMILES string of the molecule is N#C/C(=C\c1ccc2ccccc2c1Cl)C(N)=O. The van der Waals surface area contributed by atoms with Crippen molar-refractivity contribution in [3.8, 4) is 6.07 Å². The zero-order valence-corrected chi connectivity index (χ0v) is 10.1. The first kappa shape index (κ1) is 12.2. The molecule has 3 nitrogen and oxygen atoms in total. The Balaban J connectivity index is 2.64. The third kappa shape index (κ3) is 2.20. The monoisotopic (exact) mass is 256 g/mol. The summed E-state index contributed by atoms with van der Waals surface area (Å²) >= 11 is 6.24. The molecule has 0 saturated carbocycles. The van der Waals surface area contributed by atoms with E-state index in [0.717, 1.165) is 10.8 Å². The summed E-state index contributed by atoms with van der Waals surface area (Å²) in [5.74, 6) is -0.762. The van der Waals surface area contributed by atoms with Crippen molar-refractivity contribution in [2.75, 3.05) is 0 Å². The standard InChI is InChI=1S/C14H9ClN2O/c15-13-10(7-11(8-16)14(17)18)6-5-9-3-1-2-4-12(9)13/h1-7H,(H2,17,18)/b11-7+. The molecule has 2 rings (SSSR count). The van der Waals surface area contributed by atoms with Gasteiger partial charge in [-0.1, -0.05) is 48.0 Å². The maximum atomic E-state index is 11.0. The van der Waals surface area contributed by atoms with Crippen LogP contribution in [0.15, 0.2) is 42.0 Å². The van der Waals surface area contributed by atoms with E-state index in [1.807, 2.05) is 30.3 Å². The van der Waals surface area contributed by atoms with Gasteiger partial charge in [0.05, 0.1) is 5.02 Å². The van der Waals surface area contributed by atoms with E-state index in [1.165, 1.54) is 6.08 Å². The topological polar surface area (TPSA) is 66.9 Å². The maximum absolute atomic E-state index is 11.0. The number of hydrogen-bond acceptors (Lipinski definition) is 2. The summed E-state index contributed by atoms with van der Waals surface area (Å²) in [5.41, 5.74) is 5.57. The fourth-order valence-corrected chi connectivity index (χ4v) is 1.97. The first-order valence-corrected chi connectivity index (χ1v) is 5.60. The Morgan fingerprint density at radius 2 is 2.00 bits per heavy atom. The summed E-state index contributed by atoms with van der Waals surface area (Å²) in [6.07, 6.45) is 1.40. The Bertz CT molecular complexity index is 698. The van der Waals surface area contributed by atoms with Crippen LogP contribution < -0.4 is 5.73 Å². The van der Waals surface area contributed by atoms with Crippen LogP contribution in [0, 0.1) is 11.3 Å². The van der Waals surface area contributed by atoms with E-state index >= 15 is 0 Å². The molecule has 0 aliphatic rings. The number of benzene rings is 2. The van der Waals surface area contributed by atoms with Crippen LogP contribution in [0.2, 0.25) is 5.02 Å². The summed E-state index contributed by atoms with van der Waals surface area (Å²) in [4.78, 5) is 11.0. The number of carbonyl (C=O) groups excluding carboxylic acids is 1. The van der Waals surface area contributed by atoms with E-state index in [0.29, 0.717) is 10.6 Å². The molecule has 18 heavy (non-hydrogen) atoms. The van der Waals surface area contributed by atoms with Crippen molar-refractivity contribution in [3.05, 3.63) is 52.6 Å². The van der Waals surface area contributed by atoms with Crippen molar-refractivity contribution in [1.29, 1.82) is 5.26 Å². The molecule has 88 valence electrons. The van der Waals surface area contributed by atoms with Gasteiger partial charge in [0, 0.05) is 5.39 Å². The molecule has 0 saturated heterocycles. The minimum atomic E-state index is -0.762. The lowest BCUT2D eigenvalue weighted by atomic mass is 10.0. The van der Waals surface area contributed by atoms with Crippen LogP contribution in [0.3, 0.4) is 0 Å². The summed E-state index contributed by atoms with van der Waals surface area (Å²) in [6.45, 7) is 0. The van der Waals surface area contributed by atoms with Crippen molar-refractivity contribution in [1.82, 2.24) is 0 Å². The van der Waals surface area contributed by atoms with Crippen LogP contribution in [0.4, 0.5) is 0 Å². The highest BCUT2D eigenvalue weighted by molar-refractivity contribution is 6.37. The number of nitrogens with zero attached hydrogens (tertiary/aromatic N) is 1. The van der Waals surface area contributed by atoms with Crippen LogP contribution >= 0.6 is 11.6 Å². The Labute approximate surface area is 109 Å². The molecule has 0 aliphatic carbocycles. The third-order valence-corrected chi connectivity index (χ3v) is 3.00. The van der Waals surface area contributed by atoms with Gasteiger partial charge in [0.2, 0.25) is 0 Å². The average molecular weight is 257 g/mol. The zero-order valence-electron chi connectivity index (χ0n) is 9.35. The van der Waals surface area contributed by atoms with Crippen LogP contribution in [0.5, 0.6) is 0 Å². The second-order valence-corrected chi connectivity index (χ2v) is 4.10. The van der Waals surface area contributed by atoms with Crippen LogP contribution in [-0.4, -0.2) is 5.91 Å². The van der Waals surface area contributed by atoms with Crippen molar-refractivity contribution >= 4 is 34.4 Å². The summed E-state index contributed by atoms with van der Waals surface area (Å²) < 4.78 is 0. The minimum Gasteiger partial charge on any atom is -0.365 e. The number of amides is 1. The van der Waals surface area contributed by atoms with E-state index in [1.54, 1.807) is 12.1 Å². The molecule has 0 aliphatic heterocycles. The Morgan fingerprint density at radius 1 is 1.28 bits per heavy atom. The molecule has 0 bridgehead atoms. The molecule has 2 aromatic carbocycles. The Morgan fingerprint density at radius 3 is 2.67 bits per heavy atom. The number of carbonyl (C=O) groups is 1. The largest absolute Gasteiger partial charge is 0.365 e. The molecule has 0 aromatic heterocycles. The van der Waals surface area contributed by atoms with Crippen LogP contribution in [0.25, 0.3) is 16.8 Å². The number of rotatable bonds is 2. The zero-order chi connectivity index (χ0) is 13.1. The summed E-state index contributed by atoms with van der Waals surface area (Å²) in [7, 11) is 0. The highest BCUT2D eigenvalue weighted by atomic mass is 35.5. The van der Waals surface area contributed by atoms with Gasteiger partial charge in [-0.3, -0.25) is 4.79 Å². The van der Waals surface area contributed by atoms with Crippen molar-refractivity contribution < 1.29 is 4.79 Å². The minimum absolute atomic E-state index is 0.118. The first-order chi connectivity index (χ1) is 8.63. The normalized spacial score (nSPS) is 11.2. The highest BCUT2D eigenvalue weighted by Crippen LogP contribution is 2.28. The van der Waals surface area contributed by atoms with Gasteiger partial charge in [-0.25, -0.2) is 0 Å². The fourth-order valence-electron chi connectivity index (χ4n) is 1.68. The van der Waals surface area contributed by atoms with Crippen LogP contribution in [-0.2, 0) is 4.79 Å². The molecule has 0 radical (unpaired) electrons. The van der Waals surface area contributed by atoms with E-state index < -0.39 is 5.91 Å². The number of fused-ring (bicyclic) bond motifs is 1. The maximum Gasteiger partial charge on any atom is 0.259 e. The molecule has 4 heteroatoms. The van der Waals surface area contributed by atoms with E-state index in [2.05, 4.69) is 0 Å². The molecule has 0 unspecified atom stereocenters. The molecule has 2 N–H and O–H groups in total. The summed E-state index contributed by atoms with van der Waals surface area (Å²) in [5, 5.41) is 11.2. The van der Waals surface area contributed by atoms with Gasteiger partial charge in [0.1, 0.15) is 11.6 Å². The Hall–Kier alpha value is -2.31. The Kier molecular flexibility index (Phi) is 3.31. The van der Waals surface area contributed by atoms with E-state index in [9.17, 15) is 4.79 Å². The van der Waals surface area contributed by atoms with Crippen molar-refractivity contribution in [3.63, 3.8) is 0 Å². The van der Waals surface area contributed by atoms with E-state index in [4.69, 9.17) is 22.6 Å². The number of nitrogens with two attached hydrogens (primary N) is 1. The first-order valence-electron chi connectivity index (χ1n) is 5.22. The predicted octanol–water partition coefficient (Wildman–Crippen LogP) is 2.89. The smallest absolute Gasteiger partial charge is 0.259 e.